The van der Waals surface area contributed by atoms with Crippen molar-refractivity contribution in [2.45, 2.75) is 26.2 Å². The van der Waals surface area contributed by atoms with Crippen molar-refractivity contribution < 1.29 is 9.59 Å². The van der Waals surface area contributed by atoms with Crippen LogP contribution in [-0.2, 0) is 16.0 Å². The second-order valence-electron chi connectivity index (χ2n) is 5.43. The lowest BCUT2D eigenvalue weighted by molar-refractivity contribution is -0.122. The predicted molar refractivity (Wildman–Crippen MR) is 78.2 cm³/mol. The fraction of sp³-hybridized carbons (Fsp3) is 0.467. The Bertz CT molecular complexity index is 520. The van der Waals surface area contributed by atoms with Crippen LogP contribution in [0.15, 0.2) is 18.2 Å². The normalized spacial score (nSPS) is 16.1. The van der Waals surface area contributed by atoms with Crippen LogP contribution in [0.4, 0.5) is 5.69 Å². The maximum absolute atomic E-state index is 11.2. The molecule has 1 aliphatic rings. The van der Waals surface area contributed by atoms with Crippen molar-refractivity contribution in [3.8, 4) is 0 Å². The molecule has 0 aromatic heterocycles. The zero-order valence-electron chi connectivity index (χ0n) is 11.8. The molecule has 1 aromatic carbocycles. The molecular formula is C15H21N3O2. The molecule has 108 valence electrons. The van der Waals surface area contributed by atoms with E-state index in [1.54, 1.807) is 0 Å². The van der Waals surface area contributed by atoms with Gasteiger partial charge in [-0.25, -0.2) is 0 Å². The van der Waals surface area contributed by atoms with Crippen molar-refractivity contribution in [3.63, 3.8) is 0 Å². The molecule has 1 aliphatic heterocycles. The summed E-state index contributed by atoms with van der Waals surface area (Å²) >= 11 is 0. The van der Waals surface area contributed by atoms with Crippen LogP contribution in [0.25, 0.3) is 0 Å². The van der Waals surface area contributed by atoms with Crippen molar-refractivity contribution in [2.24, 2.45) is 17.4 Å². The molecule has 5 nitrogen and oxygen atoms in total. The average molecular weight is 275 g/mol. The minimum atomic E-state index is -0.320. The number of carbonyl (C=O) groups is 2. The molecule has 0 unspecified atom stereocenters. The molecule has 0 radical (unpaired) electrons. The van der Waals surface area contributed by atoms with E-state index < -0.39 is 0 Å². The lowest BCUT2D eigenvalue weighted by Gasteiger charge is -2.33. The summed E-state index contributed by atoms with van der Waals surface area (Å²) in [6.45, 7) is 3.70. The summed E-state index contributed by atoms with van der Waals surface area (Å²) < 4.78 is 0. The first-order chi connectivity index (χ1) is 9.47. The zero-order chi connectivity index (χ0) is 14.7. The van der Waals surface area contributed by atoms with Gasteiger partial charge in [0.05, 0.1) is 6.42 Å². The third-order valence-electron chi connectivity index (χ3n) is 3.88. The first kappa shape index (κ1) is 14.4. The van der Waals surface area contributed by atoms with Gasteiger partial charge in [-0.05, 0) is 37.0 Å². The van der Waals surface area contributed by atoms with Gasteiger partial charge in [0.2, 0.25) is 11.8 Å². The highest BCUT2D eigenvalue weighted by molar-refractivity contribution is 5.77. The number of piperidine rings is 1. The van der Waals surface area contributed by atoms with Gasteiger partial charge in [-0.3, -0.25) is 9.59 Å². The largest absolute Gasteiger partial charge is 0.371 e. The maximum Gasteiger partial charge on any atom is 0.221 e. The smallest absolute Gasteiger partial charge is 0.221 e. The van der Waals surface area contributed by atoms with Gasteiger partial charge < -0.3 is 16.4 Å². The lowest BCUT2D eigenvalue weighted by Crippen LogP contribution is -2.38. The summed E-state index contributed by atoms with van der Waals surface area (Å²) in [4.78, 5) is 24.4. The molecule has 0 bridgehead atoms. The Morgan fingerprint density at radius 3 is 2.40 bits per heavy atom. The number of amides is 2. The fourth-order valence-corrected chi connectivity index (χ4v) is 2.79. The molecule has 2 amide bonds. The van der Waals surface area contributed by atoms with E-state index in [4.69, 9.17) is 11.5 Å². The number of hydrogen-bond donors (Lipinski definition) is 2. The van der Waals surface area contributed by atoms with Crippen LogP contribution in [0.3, 0.4) is 0 Å². The molecule has 4 N–H and O–H groups in total. The van der Waals surface area contributed by atoms with Crippen molar-refractivity contribution in [2.75, 3.05) is 18.0 Å². The van der Waals surface area contributed by atoms with Crippen LogP contribution < -0.4 is 16.4 Å². The molecule has 2 rings (SSSR count). The number of rotatable bonds is 4. The monoisotopic (exact) mass is 275 g/mol. The molecular weight excluding hydrogens is 254 g/mol. The predicted octanol–water partition coefficient (Wildman–Crippen LogP) is 0.725. The van der Waals surface area contributed by atoms with Crippen molar-refractivity contribution in [3.05, 3.63) is 29.3 Å². The number of nitrogens with zero attached hydrogens (tertiary/aromatic N) is 1. The number of aryl methyl sites for hydroxylation is 1. The summed E-state index contributed by atoms with van der Waals surface area (Å²) in [5.74, 6) is -0.515. The quantitative estimate of drug-likeness (QED) is 0.848. The molecule has 1 aromatic rings. The third-order valence-corrected chi connectivity index (χ3v) is 3.88. The Morgan fingerprint density at radius 1 is 1.25 bits per heavy atom. The summed E-state index contributed by atoms with van der Waals surface area (Å²) in [6.07, 6.45) is 1.88. The van der Waals surface area contributed by atoms with Crippen LogP contribution in [0.5, 0.6) is 0 Å². The average Bonchev–Trinajstić information content (AvgIpc) is 2.38. The molecule has 1 saturated heterocycles. The molecule has 0 spiro atoms. The Hall–Kier alpha value is -2.04. The molecule has 0 atom stereocenters. The summed E-state index contributed by atoms with van der Waals surface area (Å²) in [7, 11) is 0. The van der Waals surface area contributed by atoms with Crippen LogP contribution >= 0.6 is 0 Å². The second kappa shape index (κ2) is 5.94. The van der Waals surface area contributed by atoms with Gasteiger partial charge in [0, 0.05) is 24.7 Å². The lowest BCUT2D eigenvalue weighted by atomic mass is 9.95. The van der Waals surface area contributed by atoms with Crippen LogP contribution in [0.1, 0.15) is 24.0 Å². The minimum absolute atomic E-state index is 0.000640. The molecule has 0 aliphatic carbocycles. The Morgan fingerprint density at radius 2 is 1.90 bits per heavy atom. The second-order valence-corrected chi connectivity index (χ2v) is 5.43. The molecule has 1 heterocycles. The number of hydrogen-bond acceptors (Lipinski definition) is 3. The van der Waals surface area contributed by atoms with Gasteiger partial charge in [0.15, 0.2) is 0 Å². The SMILES string of the molecule is Cc1cc(CC(N)=O)ccc1N1CCC(C(N)=O)CC1. The Labute approximate surface area is 118 Å². The molecule has 20 heavy (non-hydrogen) atoms. The first-order valence-corrected chi connectivity index (χ1v) is 6.89. The van der Waals surface area contributed by atoms with Crippen molar-refractivity contribution in [1.29, 1.82) is 0 Å². The number of anilines is 1. The van der Waals surface area contributed by atoms with Crippen LogP contribution in [0, 0.1) is 12.8 Å². The Kier molecular flexibility index (Phi) is 4.27. The van der Waals surface area contributed by atoms with E-state index in [1.165, 1.54) is 0 Å². The summed E-state index contributed by atoms with van der Waals surface area (Å²) in [5, 5.41) is 0. The van der Waals surface area contributed by atoms with Crippen molar-refractivity contribution in [1.82, 2.24) is 0 Å². The number of carbonyl (C=O) groups excluding carboxylic acids is 2. The van der Waals surface area contributed by atoms with Gasteiger partial charge >= 0.3 is 0 Å². The third kappa shape index (κ3) is 3.29. The molecule has 5 heteroatoms. The van der Waals surface area contributed by atoms with Gasteiger partial charge in [0.25, 0.3) is 0 Å². The van der Waals surface area contributed by atoms with E-state index in [0.29, 0.717) is 0 Å². The van der Waals surface area contributed by atoms with E-state index in [-0.39, 0.29) is 24.2 Å². The first-order valence-electron chi connectivity index (χ1n) is 6.89. The Balaban J connectivity index is 2.07. The number of benzene rings is 1. The number of nitrogens with two attached hydrogens (primary N) is 2. The number of primary amides is 2. The van der Waals surface area contributed by atoms with E-state index in [2.05, 4.69) is 4.90 Å². The molecule has 1 fully saturated rings. The maximum atomic E-state index is 11.2. The zero-order valence-corrected chi connectivity index (χ0v) is 11.8. The molecule has 0 saturated carbocycles. The minimum Gasteiger partial charge on any atom is -0.371 e. The van der Waals surface area contributed by atoms with E-state index >= 15 is 0 Å². The fourth-order valence-electron chi connectivity index (χ4n) is 2.79. The summed E-state index contributed by atoms with van der Waals surface area (Å²) in [6, 6.07) is 5.96. The highest BCUT2D eigenvalue weighted by Gasteiger charge is 2.23. The van der Waals surface area contributed by atoms with Gasteiger partial charge in [-0.2, -0.15) is 0 Å². The highest BCUT2D eigenvalue weighted by Crippen LogP contribution is 2.26. The van der Waals surface area contributed by atoms with Gasteiger partial charge in [-0.15, -0.1) is 0 Å². The van der Waals surface area contributed by atoms with Crippen molar-refractivity contribution >= 4 is 17.5 Å². The van der Waals surface area contributed by atoms with Crippen LogP contribution in [0.2, 0.25) is 0 Å². The standard InChI is InChI=1S/C15H21N3O2/c1-10-8-11(9-14(16)19)2-3-13(10)18-6-4-12(5-7-18)15(17)20/h2-3,8,12H,4-7,9H2,1H3,(H2,16,19)(H2,17,20). The van der Waals surface area contributed by atoms with E-state index in [0.717, 1.165) is 42.7 Å². The van der Waals surface area contributed by atoms with Gasteiger partial charge in [-0.1, -0.05) is 12.1 Å². The van der Waals surface area contributed by atoms with E-state index in [9.17, 15) is 9.59 Å². The summed E-state index contributed by atoms with van der Waals surface area (Å²) in [5.41, 5.74) is 13.8. The highest BCUT2D eigenvalue weighted by atomic mass is 16.1. The topological polar surface area (TPSA) is 89.4 Å². The van der Waals surface area contributed by atoms with E-state index in [1.807, 2.05) is 25.1 Å². The van der Waals surface area contributed by atoms with Crippen LogP contribution in [-0.4, -0.2) is 24.9 Å². The van der Waals surface area contributed by atoms with Gasteiger partial charge in [0.1, 0.15) is 0 Å².